The summed E-state index contributed by atoms with van der Waals surface area (Å²) in [5, 5.41) is 0. The van der Waals surface area contributed by atoms with Crippen LogP contribution in [-0.4, -0.2) is 25.9 Å². The van der Waals surface area contributed by atoms with Crippen molar-refractivity contribution in [1.29, 1.82) is 0 Å². The molecular weight excluding hydrogens is 188 g/mol. The lowest BCUT2D eigenvalue weighted by Crippen LogP contribution is -2.30. The van der Waals surface area contributed by atoms with Gasteiger partial charge in [-0.2, -0.15) is 0 Å². The smallest absolute Gasteiger partial charge is 0.165 e. The van der Waals surface area contributed by atoms with Crippen molar-refractivity contribution in [2.45, 2.75) is 13.8 Å². The van der Waals surface area contributed by atoms with Crippen LogP contribution in [0.25, 0.3) is 0 Å². The minimum atomic E-state index is 0.0541. The van der Waals surface area contributed by atoms with Crippen LogP contribution in [0.1, 0.15) is 11.1 Å². The minimum absolute atomic E-state index is 0.0541. The maximum atomic E-state index is 11.2. The van der Waals surface area contributed by atoms with Crippen molar-refractivity contribution in [3.63, 3.8) is 0 Å². The summed E-state index contributed by atoms with van der Waals surface area (Å²) >= 11 is 0. The number of likely N-dealkylation sites (N-methyl/N-ethyl adjacent to an activating group) is 1. The molecule has 0 atom stereocenters. The number of carbonyl (C=O) groups excluding carboxylic acids is 1. The molecule has 2 N–H and O–H groups in total. The third kappa shape index (κ3) is 2.80. The number of Topliss-reactive ketones (excluding diaryl/α,β-unsaturated/α-hetero) is 1. The summed E-state index contributed by atoms with van der Waals surface area (Å²) in [6, 6.07) is 6.09. The molecule has 1 aromatic rings. The van der Waals surface area contributed by atoms with E-state index < -0.39 is 0 Å². The van der Waals surface area contributed by atoms with Crippen molar-refractivity contribution in [3.8, 4) is 0 Å². The third-order valence-corrected chi connectivity index (χ3v) is 2.63. The molecule has 82 valence electrons. The van der Waals surface area contributed by atoms with E-state index in [1.165, 1.54) is 11.1 Å². The van der Waals surface area contributed by atoms with Crippen LogP contribution >= 0.6 is 0 Å². The number of rotatable bonds is 4. The summed E-state index contributed by atoms with van der Waals surface area (Å²) in [6.07, 6.45) is 0. The molecule has 3 heteroatoms. The van der Waals surface area contributed by atoms with Crippen LogP contribution in [0.2, 0.25) is 0 Å². The Morgan fingerprint density at radius 1 is 1.40 bits per heavy atom. The quantitative estimate of drug-likeness (QED) is 0.807. The molecule has 0 unspecified atom stereocenters. The molecule has 0 aliphatic rings. The van der Waals surface area contributed by atoms with E-state index in [-0.39, 0.29) is 12.3 Å². The van der Waals surface area contributed by atoms with Gasteiger partial charge in [-0.15, -0.1) is 0 Å². The number of ketones is 1. The lowest BCUT2D eigenvalue weighted by Gasteiger charge is -2.21. The van der Waals surface area contributed by atoms with Crippen LogP contribution in [-0.2, 0) is 4.79 Å². The zero-order chi connectivity index (χ0) is 11.4. The lowest BCUT2D eigenvalue weighted by atomic mass is 10.1. The Morgan fingerprint density at radius 2 is 2.07 bits per heavy atom. The highest BCUT2D eigenvalue weighted by Crippen LogP contribution is 2.21. The van der Waals surface area contributed by atoms with Gasteiger partial charge < -0.3 is 10.6 Å². The predicted octanol–water partition coefficient (Wildman–Crippen LogP) is 1.27. The van der Waals surface area contributed by atoms with E-state index in [9.17, 15) is 4.79 Å². The highest BCUT2D eigenvalue weighted by molar-refractivity contribution is 5.85. The molecule has 0 saturated heterocycles. The molecule has 1 rings (SSSR count). The first-order valence-corrected chi connectivity index (χ1v) is 5.05. The lowest BCUT2D eigenvalue weighted by molar-refractivity contribution is -0.116. The molecule has 1 aromatic carbocycles. The molecule has 0 aliphatic heterocycles. The van der Waals surface area contributed by atoms with Crippen molar-refractivity contribution in [1.82, 2.24) is 0 Å². The van der Waals surface area contributed by atoms with Crippen LogP contribution in [0.15, 0.2) is 18.2 Å². The third-order valence-electron chi connectivity index (χ3n) is 2.63. The first-order chi connectivity index (χ1) is 7.06. The first kappa shape index (κ1) is 11.7. The van der Waals surface area contributed by atoms with Gasteiger partial charge in [0.05, 0.1) is 13.1 Å². The molecule has 3 nitrogen and oxygen atoms in total. The molecule has 0 heterocycles. The Labute approximate surface area is 90.9 Å². The van der Waals surface area contributed by atoms with Gasteiger partial charge in [-0.1, -0.05) is 12.1 Å². The number of hydrogen-bond acceptors (Lipinski definition) is 3. The molecule has 0 fully saturated rings. The molecular formula is C12H18N2O. The van der Waals surface area contributed by atoms with Gasteiger partial charge in [0.25, 0.3) is 0 Å². The largest absolute Gasteiger partial charge is 0.367 e. The normalized spacial score (nSPS) is 10.1. The zero-order valence-electron chi connectivity index (χ0n) is 9.58. The van der Waals surface area contributed by atoms with E-state index >= 15 is 0 Å². The van der Waals surface area contributed by atoms with Crippen LogP contribution < -0.4 is 10.6 Å². The number of hydrogen-bond donors (Lipinski definition) is 1. The topological polar surface area (TPSA) is 46.3 Å². The fourth-order valence-electron chi connectivity index (χ4n) is 1.56. The van der Waals surface area contributed by atoms with Gasteiger partial charge >= 0.3 is 0 Å². The number of benzene rings is 1. The fraction of sp³-hybridized carbons (Fsp3) is 0.417. The van der Waals surface area contributed by atoms with Gasteiger partial charge in [0.2, 0.25) is 0 Å². The Hall–Kier alpha value is -1.35. The molecule has 0 aromatic heterocycles. The Bertz CT molecular complexity index is 361. The molecule has 0 spiro atoms. The molecule has 0 saturated carbocycles. The van der Waals surface area contributed by atoms with Crippen LogP contribution in [0, 0.1) is 13.8 Å². The number of anilines is 1. The van der Waals surface area contributed by atoms with E-state index in [0.29, 0.717) is 6.54 Å². The summed E-state index contributed by atoms with van der Waals surface area (Å²) in [6.45, 7) is 4.61. The van der Waals surface area contributed by atoms with E-state index in [1.807, 2.05) is 24.1 Å². The summed E-state index contributed by atoms with van der Waals surface area (Å²) in [5.74, 6) is 0.0541. The van der Waals surface area contributed by atoms with Gasteiger partial charge in [0.15, 0.2) is 5.78 Å². The fourth-order valence-corrected chi connectivity index (χ4v) is 1.56. The maximum Gasteiger partial charge on any atom is 0.165 e. The Kier molecular flexibility index (Phi) is 3.86. The number of nitrogens with two attached hydrogens (primary N) is 1. The van der Waals surface area contributed by atoms with E-state index in [1.54, 1.807) is 0 Å². The highest BCUT2D eigenvalue weighted by atomic mass is 16.1. The summed E-state index contributed by atoms with van der Waals surface area (Å²) in [7, 11) is 1.91. The maximum absolute atomic E-state index is 11.2. The van der Waals surface area contributed by atoms with Gasteiger partial charge in [-0.25, -0.2) is 0 Å². The SMILES string of the molecule is Cc1cccc(N(C)CC(=O)CN)c1C. The summed E-state index contributed by atoms with van der Waals surface area (Å²) in [5.41, 5.74) is 8.83. The van der Waals surface area contributed by atoms with Crippen molar-refractivity contribution < 1.29 is 4.79 Å². The van der Waals surface area contributed by atoms with Gasteiger partial charge in [0.1, 0.15) is 0 Å². The second-order valence-electron chi connectivity index (χ2n) is 3.82. The molecule has 0 bridgehead atoms. The van der Waals surface area contributed by atoms with Crippen molar-refractivity contribution in [3.05, 3.63) is 29.3 Å². The van der Waals surface area contributed by atoms with Crippen molar-refractivity contribution in [2.24, 2.45) is 5.73 Å². The average molecular weight is 206 g/mol. The number of carbonyl (C=O) groups is 1. The highest BCUT2D eigenvalue weighted by Gasteiger charge is 2.08. The van der Waals surface area contributed by atoms with Gasteiger partial charge in [0, 0.05) is 12.7 Å². The summed E-state index contributed by atoms with van der Waals surface area (Å²) in [4.78, 5) is 13.2. The number of aryl methyl sites for hydroxylation is 1. The molecule has 15 heavy (non-hydrogen) atoms. The minimum Gasteiger partial charge on any atom is -0.367 e. The molecule has 0 amide bonds. The second-order valence-corrected chi connectivity index (χ2v) is 3.82. The van der Waals surface area contributed by atoms with E-state index in [0.717, 1.165) is 5.69 Å². The van der Waals surface area contributed by atoms with Crippen LogP contribution in [0.4, 0.5) is 5.69 Å². The second kappa shape index (κ2) is 4.94. The predicted molar refractivity (Wildman–Crippen MR) is 63.2 cm³/mol. The van der Waals surface area contributed by atoms with E-state index in [2.05, 4.69) is 19.9 Å². The summed E-state index contributed by atoms with van der Waals surface area (Å²) < 4.78 is 0. The van der Waals surface area contributed by atoms with E-state index in [4.69, 9.17) is 5.73 Å². The zero-order valence-corrected chi connectivity index (χ0v) is 9.58. The molecule has 0 radical (unpaired) electrons. The van der Waals surface area contributed by atoms with Crippen LogP contribution in [0.3, 0.4) is 0 Å². The van der Waals surface area contributed by atoms with Gasteiger partial charge in [-0.05, 0) is 31.0 Å². The standard InChI is InChI=1S/C12H18N2O/c1-9-5-4-6-12(10(9)2)14(3)8-11(15)7-13/h4-6H,7-8,13H2,1-3H3. The Balaban J connectivity index is 2.86. The first-order valence-electron chi connectivity index (χ1n) is 5.05. The Morgan fingerprint density at radius 3 is 2.67 bits per heavy atom. The van der Waals surface area contributed by atoms with Crippen LogP contribution in [0.5, 0.6) is 0 Å². The monoisotopic (exact) mass is 206 g/mol. The number of nitrogens with zero attached hydrogens (tertiary/aromatic N) is 1. The molecule has 0 aliphatic carbocycles. The van der Waals surface area contributed by atoms with Gasteiger partial charge in [-0.3, -0.25) is 4.79 Å². The van der Waals surface area contributed by atoms with Crippen molar-refractivity contribution >= 4 is 11.5 Å². The van der Waals surface area contributed by atoms with Crippen molar-refractivity contribution in [2.75, 3.05) is 25.0 Å². The average Bonchev–Trinajstić information content (AvgIpc) is 2.21.